The molecule has 1 aliphatic rings. The number of unbranched alkanes of at least 4 members (excludes halogenated alkanes) is 1. The summed E-state index contributed by atoms with van der Waals surface area (Å²) in [4.78, 5) is 14.2. The number of rotatable bonds is 8. The zero-order valence-electron chi connectivity index (χ0n) is 13.9. The van der Waals surface area contributed by atoms with Gasteiger partial charge in [-0.1, -0.05) is 13.3 Å². The molecule has 1 rings (SSSR count). The number of carbonyl (C=O) groups is 1. The number of carbonyl (C=O) groups excluding carboxylic acids is 1. The molecule has 1 unspecified atom stereocenters. The summed E-state index contributed by atoms with van der Waals surface area (Å²) in [6.07, 6.45) is 3.32. The van der Waals surface area contributed by atoms with Crippen LogP contribution in [0.2, 0.25) is 0 Å². The summed E-state index contributed by atoms with van der Waals surface area (Å²) < 4.78 is 10.9. The first-order valence-electron chi connectivity index (χ1n) is 8.06. The fourth-order valence-electron chi connectivity index (χ4n) is 2.47. The van der Waals surface area contributed by atoms with E-state index >= 15 is 0 Å². The largest absolute Gasteiger partial charge is 0.459 e. The van der Waals surface area contributed by atoms with E-state index in [1.807, 2.05) is 25.7 Å². The van der Waals surface area contributed by atoms with Crippen LogP contribution in [0.15, 0.2) is 0 Å². The molecule has 124 valence electrons. The summed E-state index contributed by atoms with van der Waals surface area (Å²) in [5, 5.41) is 10.0. The van der Waals surface area contributed by atoms with Gasteiger partial charge < -0.3 is 14.6 Å². The second-order valence-corrected chi connectivity index (χ2v) is 6.77. The molecule has 0 amide bonds. The number of aliphatic hydroxyl groups excluding tert-OH is 1. The van der Waals surface area contributed by atoms with E-state index in [9.17, 15) is 9.90 Å². The molecular formula is C16H31NO4. The van der Waals surface area contributed by atoms with E-state index in [0.29, 0.717) is 19.8 Å². The Morgan fingerprint density at radius 3 is 2.76 bits per heavy atom. The molecule has 0 spiro atoms. The lowest BCUT2D eigenvalue weighted by Crippen LogP contribution is -2.44. The third-order valence-corrected chi connectivity index (χ3v) is 3.44. The Bertz CT molecular complexity index is 314. The average molecular weight is 301 g/mol. The maximum atomic E-state index is 12.2. The van der Waals surface area contributed by atoms with Gasteiger partial charge in [0, 0.05) is 13.2 Å². The molecular weight excluding hydrogens is 270 g/mol. The van der Waals surface area contributed by atoms with Gasteiger partial charge in [-0.25, -0.2) is 0 Å². The Balaban J connectivity index is 2.37. The molecule has 2 atom stereocenters. The van der Waals surface area contributed by atoms with Gasteiger partial charge in [-0.15, -0.1) is 0 Å². The standard InChI is InChI=1S/C16H31NO4/c1-5-6-10-20-12-13(18)11-17-9-7-8-14(17)15(19)21-16(2,3)4/h13-14,18H,5-12H2,1-4H3/t13?,14-/m0/s1. The maximum absolute atomic E-state index is 12.2. The molecule has 21 heavy (non-hydrogen) atoms. The van der Waals surface area contributed by atoms with Crippen molar-refractivity contribution in [2.45, 2.75) is 71.1 Å². The van der Waals surface area contributed by atoms with Crippen LogP contribution in [0.5, 0.6) is 0 Å². The molecule has 1 saturated heterocycles. The summed E-state index contributed by atoms with van der Waals surface area (Å²) in [6, 6.07) is -0.227. The van der Waals surface area contributed by atoms with E-state index in [-0.39, 0.29) is 12.0 Å². The number of esters is 1. The molecule has 0 aromatic heterocycles. The highest BCUT2D eigenvalue weighted by atomic mass is 16.6. The van der Waals surface area contributed by atoms with E-state index in [1.54, 1.807) is 0 Å². The fraction of sp³-hybridized carbons (Fsp3) is 0.938. The van der Waals surface area contributed by atoms with Crippen LogP contribution in [0.4, 0.5) is 0 Å². The highest BCUT2D eigenvalue weighted by Crippen LogP contribution is 2.21. The van der Waals surface area contributed by atoms with Gasteiger partial charge in [0.25, 0.3) is 0 Å². The minimum absolute atomic E-state index is 0.181. The second-order valence-electron chi connectivity index (χ2n) is 6.77. The van der Waals surface area contributed by atoms with Crippen LogP contribution in [0, 0.1) is 0 Å². The quantitative estimate of drug-likeness (QED) is 0.549. The lowest BCUT2D eigenvalue weighted by Gasteiger charge is -2.28. The van der Waals surface area contributed by atoms with Gasteiger partial charge in [-0.2, -0.15) is 0 Å². The zero-order valence-corrected chi connectivity index (χ0v) is 13.9. The summed E-state index contributed by atoms with van der Waals surface area (Å²) >= 11 is 0. The van der Waals surface area contributed by atoms with E-state index < -0.39 is 11.7 Å². The van der Waals surface area contributed by atoms with Crippen molar-refractivity contribution < 1.29 is 19.4 Å². The summed E-state index contributed by atoms with van der Waals surface area (Å²) in [6.45, 7) is 10.0. The molecule has 0 saturated carbocycles. The Morgan fingerprint density at radius 2 is 2.14 bits per heavy atom. The smallest absolute Gasteiger partial charge is 0.323 e. The van der Waals surface area contributed by atoms with Gasteiger partial charge in [0.05, 0.1) is 12.7 Å². The van der Waals surface area contributed by atoms with Crippen LogP contribution < -0.4 is 0 Å². The molecule has 0 aromatic carbocycles. The van der Waals surface area contributed by atoms with Crippen molar-refractivity contribution in [1.29, 1.82) is 0 Å². The normalized spacial score (nSPS) is 21.5. The van der Waals surface area contributed by atoms with Crippen molar-refractivity contribution in [3.05, 3.63) is 0 Å². The Morgan fingerprint density at radius 1 is 1.43 bits per heavy atom. The highest BCUT2D eigenvalue weighted by Gasteiger charge is 2.34. The van der Waals surface area contributed by atoms with Crippen molar-refractivity contribution in [3.8, 4) is 0 Å². The van der Waals surface area contributed by atoms with Crippen LogP contribution in [-0.2, 0) is 14.3 Å². The SMILES string of the molecule is CCCCOCC(O)CN1CCC[C@H]1C(=O)OC(C)(C)C. The number of hydrogen-bond acceptors (Lipinski definition) is 5. The predicted molar refractivity (Wildman–Crippen MR) is 82.2 cm³/mol. The number of nitrogens with zero attached hydrogens (tertiary/aromatic N) is 1. The average Bonchev–Trinajstić information content (AvgIpc) is 2.81. The summed E-state index contributed by atoms with van der Waals surface area (Å²) in [5.74, 6) is -0.181. The molecule has 0 radical (unpaired) electrons. The lowest BCUT2D eigenvalue weighted by molar-refractivity contribution is -0.160. The number of aliphatic hydroxyl groups is 1. The minimum atomic E-state index is -0.551. The molecule has 0 aliphatic carbocycles. The number of ether oxygens (including phenoxy) is 2. The molecule has 1 heterocycles. The molecule has 0 bridgehead atoms. The predicted octanol–water partition coefficient (Wildman–Crippen LogP) is 1.97. The van der Waals surface area contributed by atoms with E-state index in [2.05, 4.69) is 6.92 Å². The van der Waals surface area contributed by atoms with E-state index in [1.165, 1.54) is 0 Å². The summed E-state index contributed by atoms with van der Waals surface area (Å²) in [7, 11) is 0. The topological polar surface area (TPSA) is 59.0 Å². The lowest BCUT2D eigenvalue weighted by atomic mass is 10.1. The van der Waals surface area contributed by atoms with E-state index in [0.717, 1.165) is 32.2 Å². The Kier molecular flexibility index (Phi) is 7.63. The number of β-amino-alcohol motifs (C(OH)–C–C–N with tert-alkyl or cyclic N) is 1. The molecule has 1 aliphatic heterocycles. The summed E-state index contributed by atoms with van der Waals surface area (Å²) in [5.41, 5.74) is -0.465. The van der Waals surface area contributed by atoms with Crippen molar-refractivity contribution >= 4 is 5.97 Å². The van der Waals surface area contributed by atoms with E-state index in [4.69, 9.17) is 9.47 Å². The van der Waals surface area contributed by atoms with Gasteiger partial charge in [0.2, 0.25) is 0 Å². The highest BCUT2D eigenvalue weighted by molar-refractivity contribution is 5.76. The first-order chi connectivity index (χ1) is 9.83. The van der Waals surface area contributed by atoms with Gasteiger partial charge in [0.15, 0.2) is 0 Å². The van der Waals surface area contributed by atoms with Crippen LogP contribution in [-0.4, -0.2) is 60.0 Å². The Hall–Kier alpha value is -0.650. The number of hydrogen-bond donors (Lipinski definition) is 1. The van der Waals surface area contributed by atoms with Crippen molar-refractivity contribution in [3.63, 3.8) is 0 Å². The maximum Gasteiger partial charge on any atom is 0.323 e. The van der Waals surface area contributed by atoms with Gasteiger partial charge >= 0.3 is 5.97 Å². The van der Waals surface area contributed by atoms with Gasteiger partial charge in [-0.3, -0.25) is 9.69 Å². The number of likely N-dealkylation sites (tertiary alicyclic amines) is 1. The molecule has 1 fully saturated rings. The van der Waals surface area contributed by atoms with Gasteiger partial charge in [-0.05, 0) is 46.6 Å². The zero-order chi connectivity index (χ0) is 15.9. The monoisotopic (exact) mass is 301 g/mol. The fourth-order valence-corrected chi connectivity index (χ4v) is 2.47. The second kappa shape index (κ2) is 8.71. The molecule has 0 aromatic rings. The first-order valence-corrected chi connectivity index (χ1v) is 8.06. The Labute approximate surface area is 128 Å². The van der Waals surface area contributed by atoms with Crippen molar-refractivity contribution in [1.82, 2.24) is 4.90 Å². The minimum Gasteiger partial charge on any atom is -0.459 e. The molecule has 1 N–H and O–H groups in total. The van der Waals surface area contributed by atoms with Crippen LogP contribution in [0.25, 0.3) is 0 Å². The van der Waals surface area contributed by atoms with Crippen molar-refractivity contribution in [2.24, 2.45) is 0 Å². The molecule has 5 nitrogen and oxygen atoms in total. The van der Waals surface area contributed by atoms with Crippen LogP contribution in [0.1, 0.15) is 53.4 Å². The van der Waals surface area contributed by atoms with Gasteiger partial charge in [0.1, 0.15) is 11.6 Å². The third-order valence-electron chi connectivity index (χ3n) is 3.44. The molecule has 5 heteroatoms. The third kappa shape index (κ3) is 7.25. The van der Waals surface area contributed by atoms with Crippen LogP contribution in [0.3, 0.4) is 0 Å². The van der Waals surface area contributed by atoms with Crippen LogP contribution >= 0.6 is 0 Å². The first kappa shape index (κ1) is 18.4. The van der Waals surface area contributed by atoms with Crippen molar-refractivity contribution in [2.75, 3.05) is 26.3 Å².